The van der Waals surface area contributed by atoms with Crippen molar-refractivity contribution in [2.75, 3.05) is 13.2 Å². The zero-order valence-electron chi connectivity index (χ0n) is 14.5. The highest BCUT2D eigenvalue weighted by atomic mass is 16.5. The second kappa shape index (κ2) is 8.65. The van der Waals surface area contributed by atoms with E-state index in [0.717, 1.165) is 0 Å². The number of ether oxygens (including phenoxy) is 2. The van der Waals surface area contributed by atoms with Gasteiger partial charge in [-0.3, -0.25) is 9.59 Å². The molecule has 1 N–H and O–H groups in total. The molecule has 0 aliphatic heterocycles. The molecule has 9 nitrogen and oxygen atoms in total. The smallest absolute Gasteiger partial charge is 0.325 e. The Labute approximate surface area is 154 Å². The zero-order chi connectivity index (χ0) is 19.1. The molecule has 1 aromatic carbocycles. The Hall–Kier alpha value is -3.62. The van der Waals surface area contributed by atoms with Gasteiger partial charge in [0.05, 0.1) is 18.4 Å². The van der Waals surface area contributed by atoms with E-state index in [1.165, 1.54) is 6.26 Å². The Balaban J connectivity index is 1.48. The number of esters is 1. The first kappa shape index (κ1) is 18.2. The maximum atomic E-state index is 12.2. The Kier molecular flexibility index (Phi) is 5.83. The van der Waals surface area contributed by atoms with Crippen LogP contribution in [-0.2, 0) is 16.1 Å². The number of hydrogen-bond acceptors (Lipinski definition) is 8. The summed E-state index contributed by atoms with van der Waals surface area (Å²) in [6, 6.07) is 10.1. The molecule has 140 valence electrons. The summed E-state index contributed by atoms with van der Waals surface area (Å²) < 4.78 is 20.9. The van der Waals surface area contributed by atoms with Gasteiger partial charge in [0.2, 0.25) is 0 Å². The summed E-state index contributed by atoms with van der Waals surface area (Å²) in [4.78, 5) is 24.0. The average molecular weight is 371 g/mol. The molecule has 0 spiro atoms. The molecule has 0 saturated carbocycles. The number of furan rings is 1. The van der Waals surface area contributed by atoms with E-state index in [1.54, 1.807) is 36.4 Å². The maximum Gasteiger partial charge on any atom is 0.325 e. The highest BCUT2D eigenvalue weighted by Gasteiger charge is 2.15. The molecule has 3 rings (SSSR count). The molecular weight excluding hydrogens is 354 g/mol. The number of hydrogen-bond donors (Lipinski definition) is 1. The van der Waals surface area contributed by atoms with Crippen molar-refractivity contribution < 1.29 is 27.9 Å². The highest BCUT2D eigenvalue weighted by Crippen LogP contribution is 2.18. The monoisotopic (exact) mass is 371 g/mol. The lowest BCUT2D eigenvalue weighted by molar-refractivity contribution is -0.144. The third-order valence-electron chi connectivity index (χ3n) is 3.38. The molecule has 2 aromatic heterocycles. The SMILES string of the molecule is CCOc1ccccc1C(=O)NCC(=O)OCc1nnc(-c2ccco2)o1. The predicted octanol–water partition coefficient (Wildman–Crippen LogP) is 2.20. The van der Waals surface area contributed by atoms with Crippen LogP contribution in [0.1, 0.15) is 23.2 Å². The molecule has 0 fully saturated rings. The molecule has 0 unspecified atom stereocenters. The van der Waals surface area contributed by atoms with Gasteiger partial charge >= 0.3 is 5.97 Å². The lowest BCUT2D eigenvalue weighted by Gasteiger charge is -2.10. The van der Waals surface area contributed by atoms with Crippen molar-refractivity contribution in [3.8, 4) is 17.4 Å². The largest absolute Gasteiger partial charge is 0.493 e. The van der Waals surface area contributed by atoms with Gasteiger partial charge in [-0.2, -0.15) is 0 Å². The molecule has 0 saturated heterocycles. The second-order valence-corrected chi connectivity index (χ2v) is 5.25. The van der Waals surface area contributed by atoms with Crippen molar-refractivity contribution in [3.63, 3.8) is 0 Å². The minimum atomic E-state index is -0.644. The van der Waals surface area contributed by atoms with Gasteiger partial charge in [0.25, 0.3) is 17.7 Å². The summed E-state index contributed by atoms with van der Waals surface area (Å²) in [5.41, 5.74) is 0.340. The Morgan fingerprint density at radius 2 is 2.00 bits per heavy atom. The average Bonchev–Trinajstić information content (AvgIpc) is 3.36. The zero-order valence-corrected chi connectivity index (χ0v) is 14.5. The maximum absolute atomic E-state index is 12.2. The lowest BCUT2D eigenvalue weighted by atomic mass is 10.2. The molecule has 0 bridgehead atoms. The van der Waals surface area contributed by atoms with E-state index in [4.69, 9.17) is 18.3 Å². The molecule has 0 atom stereocenters. The molecule has 1 amide bonds. The van der Waals surface area contributed by atoms with Gasteiger partial charge < -0.3 is 23.6 Å². The van der Waals surface area contributed by atoms with E-state index in [9.17, 15) is 9.59 Å². The van der Waals surface area contributed by atoms with Gasteiger partial charge in [0.15, 0.2) is 12.4 Å². The third kappa shape index (κ3) is 4.72. The quantitative estimate of drug-likeness (QED) is 0.599. The topological polar surface area (TPSA) is 117 Å². The Bertz CT molecular complexity index is 903. The first-order chi connectivity index (χ1) is 13.2. The van der Waals surface area contributed by atoms with Gasteiger partial charge in [-0.05, 0) is 31.2 Å². The van der Waals surface area contributed by atoms with Crippen LogP contribution in [0.3, 0.4) is 0 Å². The number of aromatic nitrogens is 2. The number of para-hydroxylation sites is 1. The van der Waals surface area contributed by atoms with E-state index >= 15 is 0 Å². The number of nitrogens with one attached hydrogen (secondary N) is 1. The van der Waals surface area contributed by atoms with Crippen LogP contribution >= 0.6 is 0 Å². The van der Waals surface area contributed by atoms with Crippen LogP contribution in [0, 0.1) is 0 Å². The van der Waals surface area contributed by atoms with E-state index in [2.05, 4.69) is 15.5 Å². The summed E-state index contributed by atoms with van der Waals surface area (Å²) in [5, 5.41) is 10.0. The fourth-order valence-electron chi connectivity index (χ4n) is 2.19. The minimum absolute atomic E-state index is 0.114. The van der Waals surface area contributed by atoms with E-state index in [-0.39, 0.29) is 24.9 Å². The van der Waals surface area contributed by atoms with E-state index < -0.39 is 11.9 Å². The lowest BCUT2D eigenvalue weighted by Crippen LogP contribution is -2.30. The number of nitrogens with zero attached hydrogens (tertiary/aromatic N) is 2. The van der Waals surface area contributed by atoms with Crippen molar-refractivity contribution in [2.24, 2.45) is 0 Å². The third-order valence-corrected chi connectivity index (χ3v) is 3.38. The fourth-order valence-corrected chi connectivity index (χ4v) is 2.19. The Morgan fingerprint density at radius 3 is 2.78 bits per heavy atom. The number of benzene rings is 1. The summed E-state index contributed by atoms with van der Waals surface area (Å²) in [6.45, 7) is 1.73. The molecule has 9 heteroatoms. The van der Waals surface area contributed by atoms with Crippen LogP contribution in [0.5, 0.6) is 5.75 Å². The van der Waals surface area contributed by atoms with E-state index in [0.29, 0.717) is 23.7 Å². The van der Waals surface area contributed by atoms with Crippen LogP contribution < -0.4 is 10.1 Å². The minimum Gasteiger partial charge on any atom is -0.493 e. The second-order valence-electron chi connectivity index (χ2n) is 5.25. The van der Waals surface area contributed by atoms with Crippen molar-refractivity contribution in [3.05, 3.63) is 54.1 Å². The van der Waals surface area contributed by atoms with Crippen LogP contribution in [-0.4, -0.2) is 35.2 Å². The summed E-state index contributed by atoms with van der Waals surface area (Å²) in [6.07, 6.45) is 1.48. The fraction of sp³-hybridized carbons (Fsp3) is 0.222. The van der Waals surface area contributed by atoms with Crippen molar-refractivity contribution in [2.45, 2.75) is 13.5 Å². The molecule has 3 aromatic rings. The summed E-state index contributed by atoms with van der Waals surface area (Å²) in [7, 11) is 0. The molecule has 27 heavy (non-hydrogen) atoms. The van der Waals surface area contributed by atoms with Crippen LogP contribution in [0.15, 0.2) is 51.5 Å². The van der Waals surface area contributed by atoms with Crippen molar-refractivity contribution >= 4 is 11.9 Å². The Morgan fingerprint density at radius 1 is 1.15 bits per heavy atom. The summed E-state index contributed by atoms with van der Waals surface area (Å²) in [5.74, 6) is 0.0843. The molecule has 0 radical (unpaired) electrons. The van der Waals surface area contributed by atoms with Gasteiger partial charge in [0.1, 0.15) is 12.3 Å². The number of amides is 1. The van der Waals surface area contributed by atoms with Gasteiger partial charge in [-0.1, -0.05) is 12.1 Å². The van der Waals surface area contributed by atoms with Gasteiger partial charge in [-0.15, -0.1) is 10.2 Å². The van der Waals surface area contributed by atoms with Gasteiger partial charge in [-0.25, -0.2) is 0 Å². The highest BCUT2D eigenvalue weighted by molar-refractivity contribution is 5.98. The number of carbonyl (C=O) groups is 2. The van der Waals surface area contributed by atoms with Crippen LogP contribution in [0.25, 0.3) is 11.7 Å². The standard InChI is InChI=1S/C18H17N3O6/c1-2-24-13-7-4-3-6-12(13)17(23)19-10-16(22)26-11-15-20-21-18(27-15)14-8-5-9-25-14/h3-9H,2,10-11H2,1H3,(H,19,23). The van der Waals surface area contributed by atoms with Crippen LogP contribution in [0.2, 0.25) is 0 Å². The first-order valence-electron chi connectivity index (χ1n) is 8.19. The molecular formula is C18H17N3O6. The first-order valence-corrected chi connectivity index (χ1v) is 8.19. The van der Waals surface area contributed by atoms with Crippen molar-refractivity contribution in [1.29, 1.82) is 0 Å². The van der Waals surface area contributed by atoms with E-state index in [1.807, 2.05) is 6.92 Å². The van der Waals surface area contributed by atoms with Crippen molar-refractivity contribution in [1.82, 2.24) is 15.5 Å². The van der Waals surface area contributed by atoms with Gasteiger partial charge in [0, 0.05) is 0 Å². The normalized spacial score (nSPS) is 10.4. The molecule has 0 aliphatic rings. The summed E-state index contributed by atoms with van der Waals surface area (Å²) >= 11 is 0. The molecule has 2 heterocycles. The number of carbonyl (C=O) groups excluding carboxylic acids is 2. The predicted molar refractivity (Wildman–Crippen MR) is 91.7 cm³/mol. The van der Waals surface area contributed by atoms with Crippen LogP contribution in [0.4, 0.5) is 0 Å². The molecule has 0 aliphatic carbocycles. The number of rotatable bonds is 8.